The third-order valence-electron chi connectivity index (χ3n) is 5.74. The van der Waals surface area contributed by atoms with Gasteiger partial charge in [-0.1, -0.05) is 72.3 Å². The van der Waals surface area contributed by atoms with Crippen LogP contribution in [0.2, 0.25) is 5.02 Å². The lowest BCUT2D eigenvalue weighted by Crippen LogP contribution is -2.52. The maximum Gasteiger partial charge on any atom is 0.348 e. The highest BCUT2D eigenvalue weighted by atomic mass is 35.5. The normalized spacial score (nSPS) is 12.0. The molecule has 0 aliphatic heterocycles. The Morgan fingerprint density at radius 3 is 1.92 bits per heavy atom. The number of hydrogen-bond acceptors (Lipinski definition) is 6. The summed E-state index contributed by atoms with van der Waals surface area (Å²) >= 11 is 5.94. The van der Waals surface area contributed by atoms with E-state index in [1.165, 1.54) is 0 Å². The van der Waals surface area contributed by atoms with E-state index in [1.807, 2.05) is 0 Å². The van der Waals surface area contributed by atoms with Crippen LogP contribution in [0, 0.1) is 13.8 Å². The van der Waals surface area contributed by atoms with Gasteiger partial charge in [0.1, 0.15) is 6.61 Å². The van der Waals surface area contributed by atoms with E-state index in [2.05, 4.69) is 15.3 Å². The molecule has 8 nitrogen and oxygen atoms in total. The number of benzene rings is 3. The Balaban J connectivity index is 1.79. The summed E-state index contributed by atoms with van der Waals surface area (Å²) in [6.07, 6.45) is -1.66. The molecule has 1 atom stereocenters. The Bertz CT molecular complexity index is 1340. The Hall–Kier alpha value is -4.27. The molecule has 0 aliphatic rings. The first-order valence-electron chi connectivity index (χ1n) is 11.8. The molecule has 0 spiro atoms. The number of amides is 1. The molecular weight excluding hydrogens is 506 g/mol. The number of carbonyl (C=O) groups excluding carboxylic acids is 1. The van der Waals surface area contributed by atoms with Crippen LogP contribution >= 0.6 is 11.6 Å². The smallest absolute Gasteiger partial charge is 0.348 e. The van der Waals surface area contributed by atoms with Gasteiger partial charge in [0.15, 0.2) is 5.60 Å². The summed E-state index contributed by atoms with van der Waals surface area (Å²) in [7, 11) is 0. The number of nitrogens with zero attached hydrogens (tertiary/aromatic N) is 2. The number of carboxylic acids is 1. The van der Waals surface area contributed by atoms with Crippen LogP contribution in [0.1, 0.15) is 22.5 Å². The zero-order chi connectivity index (χ0) is 27.1. The molecule has 0 radical (unpaired) electrons. The van der Waals surface area contributed by atoms with Crippen molar-refractivity contribution in [3.05, 3.63) is 119 Å². The number of aryl methyl sites for hydroxylation is 2. The summed E-state index contributed by atoms with van der Waals surface area (Å²) in [6.45, 7) is 3.04. The van der Waals surface area contributed by atoms with Gasteiger partial charge in [0.2, 0.25) is 12.0 Å². The highest BCUT2D eigenvalue weighted by Crippen LogP contribution is 2.39. The van der Waals surface area contributed by atoms with Crippen molar-refractivity contribution in [2.24, 2.45) is 0 Å². The molecule has 0 saturated carbocycles. The standard InChI is InChI=1S/C29H26ClN3O5/c1-19-17-20(2)32-28(31-19)38-26(27(35)36)29(21-9-5-3-6-10-21,22-11-7-4-8-12-22)37-18-25(34)33-24-15-13-23(30)14-16-24/h3-17,26H,18H2,1-2H3,(H,33,34)(H,35,36). The largest absolute Gasteiger partial charge is 0.478 e. The van der Waals surface area contributed by atoms with Gasteiger partial charge in [-0.2, -0.15) is 0 Å². The SMILES string of the molecule is Cc1cc(C)nc(OC(C(=O)O)C(OCC(=O)Nc2ccc(Cl)cc2)(c2ccccc2)c2ccccc2)n1. The van der Waals surface area contributed by atoms with E-state index < -0.39 is 30.2 Å². The van der Waals surface area contributed by atoms with Gasteiger partial charge in [-0.3, -0.25) is 4.79 Å². The second kappa shape index (κ2) is 11.9. The lowest BCUT2D eigenvalue weighted by atomic mass is 9.81. The third kappa shape index (κ3) is 6.16. The van der Waals surface area contributed by atoms with Crippen LogP contribution in [-0.4, -0.2) is 39.7 Å². The number of carboxylic acid groups (broad SMARTS) is 1. The van der Waals surface area contributed by atoms with Gasteiger partial charge in [0, 0.05) is 22.1 Å². The lowest BCUT2D eigenvalue weighted by Gasteiger charge is -2.38. The summed E-state index contributed by atoms with van der Waals surface area (Å²) in [5.41, 5.74) is 0.953. The second-order valence-corrected chi connectivity index (χ2v) is 9.02. The topological polar surface area (TPSA) is 111 Å². The summed E-state index contributed by atoms with van der Waals surface area (Å²) in [5, 5.41) is 13.8. The maximum absolute atomic E-state index is 13.0. The molecule has 1 heterocycles. The van der Waals surface area contributed by atoms with Crippen LogP contribution in [-0.2, 0) is 19.9 Å². The molecule has 1 amide bonds. The summed E-state index contributed by atoms with van der Waals surface area (Å²) < 4.78 is 12.3. The summed E-state index contributed by atoms with van der Waals surface area (Å²) in [5.74, 6) is -1.81. The first kappa shape index (κ1) is 26.8. The van der Waals surface area contributed by atoms with E-state index in [0.717, 1.165) is 0 Å². The van der Waals surface area contributed by atoms with Crippen LogP contribution < -0.4 is 10.1 Å². The number of hydrogen-bond donors (Lipinski definition) is 2. The fraction of sp³-hybridized carbons (Fsp3) is 0.172. The molecule has 1 unspecified atom stereocenters. The van der Waals surface area contributed by atoms with Crippen molar-refractivity contribution in [1.82, 2.24) is 9.97 Å². The predicted molar refractivity (Wildman–Crippen MR) is 143 cm³/mol. The van der Waals surface area contributed by atoms with Crippen LogP contribution in [0.5, 0.6) is 6.01 Å². The second-order valence-electron chi connectivity index (χ2n) is 8.58. The van der Waals surface area contributed by atoms with Crippen molar-refractivity contribution in [2.45, 2.75) is 25.6 Å². The molecule has 38 heavy (non-hydrogen) atoms. The van der Waals surface area contributed by atoms with Gasteiger partial charge in [-0.15, -0.1) is 0 Å². The van der Waals surface area contributed by atoms with Gasteiger partial charge < -0.3 is 19.9 Å². The predicted octanol–water partition coefficient (Wildman–Crippen LogP) is 5.18. The zero-order valence-electron chi connectivity index (χ0n) is 20.8. The number of anilines is 1. The fourth-order valence-electron chi connectivity index (χ4n) is 4.15. The number of rotatable bonds is 10. The summed E-state index contributed by atoms with van der Waals surface area (Å²) in [6, 6.07) is 25.8. The number of aromatic nitrogens is 2. The van der Waals surface area contributed by atoms with Crippen molar-refractivity contribution in [3.8, 4) is 6.01 Å². The van der Waals surface area contributed by atoms with Crippen LogP contribution in [0.3, 0.4) is 0 Å². The average molecular weight is 532 g/mol. The number of nitrogens with one attached hydrogen (secondary N) is 1. The van der Waals surface area contributed by atoms with Crippen molar-refractivity contribution in [1.29, 1.82) is 0 Å². The van der Waals surface area contributed by atoms with Crippen molar-refractivity contribution >= 4 is 29.2 Å². The zero-order valence-corrected chi connectivity index (χ0v) is 21.6. The van der Waals surface area contributed by atoms with E-state index in [9.17, 15) is 14.7 Å². The van der Waals surface area contributed by atoms with Crippen molar-refractivity contribution in [3.63, 3.8) is 0 Å². The third-order valence-corrected chi connectivity index (χ3v) is 5.99. The molecule has 1 aromatic heterocycles. The molecule has 3 aromatic carbocycles. The van der Waals surface area contributed by atoms with Crippen molar-refractivity contribution < 1.29 is 24.2 Å². The van der Waals surface area contributed by atoms with Gasteiger partial charge in [0.25, 0.3) is 0 Å². The van der Waals surface area contributed by atoms with Crippen LogP contribution in [0.4, 0.5) is 5.69 Å². The fourth-order valence-corrected chi connectivity index (χ4v) is 4.28. The molecule has 9 heteroatoms. The number of carbonyl (C=O) groups is 2. The molecule has 4 rings (SSSR count). The Labute approximate surface area is 225 Å². The molecule has 0 saturated heterocycles. The molecular formula is C29H26ClN3O5. The molecule has 0 bridgehead atoms. The Morgan fingerprint density at radius 1 is 0.895 bits per heavy atom. The molecule has 2 N–H and O–H groups in total. The van der Waals surface area contributed by atoms with Crippen molar-refractivity contribution in [2.75, 3.05) is 11.9 Å². The Kier molecular flexibility index (Phi) is 8.35. The minimum Gasteiger partial charge on any atom is -0.478 e. The van der Waals surface area contributed by atoms with Gasteiger partial charge in [-0.05, 0) is 55.3 Å². The first-order valence-corrected chi connectivity index (χ1v) is 12.2. The van der Waals surface area contributed by atoms with Gasteiger partial charge in [0.05, 0.1) is 0 Å². The Morgan fingerprint density at radius 2 is 1.42 bits per heavy atom. The van der Waals surface area contributed by atoms with E-state index in [1.54, 1.807) is 105 Å². The maximum atomic E-state index is 13.0. The van der Waals surface area contributed by atoms with Crippen LogP contribution in [0.15, 0.2) is 91.0 Å². The molecule has 0 aliphatic carbocycles. The number of ether oxygens (including phenoxy) is 2. The highest BCUT2D eigenvalue weighted by Gasteiger charge is 2.50. The van der Waals surface area contributed by atoms with E-state index in [-0.39, 0.29) is 6.01 Å². The van der Waals surface area contributed by atoms with Gasteiger partial charge in [-0.25, -0.2) is 14.8 Å². The molecule has 0 fully saturated rings. The van der Waals surface area contributed by atoms with Crippen LogP contribution in [0.25, 0.3) is 0 Å². The van der Waals surface area contributed by atoms with Gasteiger partial charge >= 0.3 is 12.0 Å². The van der Waals surface area contributed by atoms with E-state index in [0.29, 0.717) is 33.2 Å². The quantitative estimate of drug-likeness (QED) is 0.290. The average Bonchev–Trinajstić information content (AvgIpc) is 2.90. The monoisotopic (exact) mass is 531 g/mol. The minimum absolute atomic E-state index is 0.111. The number of aliphatic carboxylic acids is 1. The lowest BCUT2D eigenvalue weighted by molar-refractivity contribution is -0.166. The summed E-state index contributed by atoms with van der Waals surface area (Å²) in [4.78, 5) is 34.4. The van der Waals surface area contributed by atoms with E-state index >= 15 is 0 Å². The minimum atomic E-state index is -1.74. The molecule has 4 aromatic rings. The number of halogens is 1. The van der Waals surface area contributed by atoms with E-state index in [4.69, 9.17) is 21.1 Å². The molecule has 194 valence electrons. The highest BCUT2D eigenvalue weighted by molar-refractivity contribution is 6.30. The first-order chi connectivity index (χ1) is 18.3.